The zero-order chi connectivity index (χ0) is 15.4. The fourth-order valence-electron chi connectivity index (χ4n) is 2.51. The first-order valence-electron chi connectivity index (χ1n) is 7.70. The Morgan fingerprint density at radius 2 is 2.18 bits per heavy atom. The molecule has 1 heterocycles. The molecule has 4 nitrogen and oxygen atoms in total. The Bertz CT molecular complexity index is 624. The van der Waals surface area contributed by atoms with Gasteiger partial charge in [0.1, 0.15) is 11.5 Å². The molecule has 2 aromatic rings. The highest BCUT2D eigenvalue weighted by atomic mass is 16.5. The Labute approximate surface area is 131 Å². The summed E-state index contributed by atoms with van der Waals surface area (Å²) in [4.78, 5) is 4.05. The van der Waals surface area contributed by atoms with Crippen LogP contribution in [0, 0.1) is 12.3 Å². The molecule has 1 aromatic carbocycles. The maximum atomic E-state index is 9.31. The number of aromatic nitrogens is 1. The third kappa shape index (κ3) is 3.64. The van der Waals surface area contributed by atoms with Crippen molar-refractivity contribution in [2.75, 3.05) is 13.2 Å². The average Bonchev–Trinajstić information content (AvgIpc) is 3.31. The van der Waals surface area contributed by atoms with E-state index in [2.05, 4.69) is 22.4 Å². The molecule has 0 aliphatic heterocycles. The van der Waals surface area contributed by atoms with Gasteiger partial charge in [-0.3, -0.25) is 4.98 Å². The number of pyridine rings is 1. The number of benzene rings is 1. The fourth-order valence-corrected chi connectivity index (χ4v) is 2.51. The molecular formula is C18H22N2O2. The highest BCUT2D eigenvalue weighted by Gasteiger charge is 2.41. The summed E-state index contributed by atoms with van der Waals surface area (Å²) in [6.45, 7) is 4.04. The van der Waals surface area contributed by atoms with Crippen LogP contribution in [0.4, 0.5) is 0 Å². The zero-order valence-electron chi connectivity index (χ0n) is 12.9. The molecule has 1 aliphatic carbocycles. The molecule has 0 bridgehead atoms. The first kappa shape index (κ1) is 15.0. The van der Waals surface area contributed by atoms with E-state index < -0.39 is 0 Å². The second-order valence-corrected chi connectivity index (χ2v) is 6.15. The minimum atomic E-state index is 0.151. The van der Waals surface area contributed by atoms with Crippen LogP contribution in [0.2, 0.25) is 0 Å². The number of aliphatic hydroxyl groups is 1. The number of aryl methyl sites for hydroxylation is 1. The van der Waals surface area contributed by atoms with E-state index in [0.29, 0.717) is 0 Å². The third-order valence-corrected chi connectivity index (χ3v) is 4.22. The van der Waals surface area contributed by atoms with Crippen molar-refractivity contribution in [2.24, 2.45) is 5.41 Å². The van der Waals surface area contributed by atoms with Crippen LogP contribution in [0.25, 0.3) is 0 Å². The van der Waals surface area contributed by atoms with Crippen molar-refractivity contribution in [1.29, 1.82) is 0 Å². The Morgan fingerprint density at radius 1 is 1.32 bits per heavy atom. The molecule has 3 rings (SSSR count). The largest absolute Gasteiger partial charge is 0.455 e. The van der Waals surface area contributed by atoms with Gasteiger partial charge in [-0.05, 0) is 49.1 Å². The number of hydrogen-bond donors (Lipinski definition) is 2. The first-order valence-corrected chi connectivity index (χ1v) is 7.70. The van der Waals surface area contributed by atoms with Crippen LogP contribution in [0.15, 0.2) is 42.7 Å². The van der Waals surface area contributed by atoms with E-state index in [1.165, 1.54) is 5.56 Å². The lowest BCUT2D eigenvalue weighted by Crippen LogP contribution is -2.26. The summed E-state index contributed by atoms with van der Waals surface area (Å²) in [7, 11) is 0. The topological polar surface area (TPSA) is 54.4 Å². The van der Waals surface area contributed by atoms with Crippen molar-refractivity contribution in [3.05, 3.63) is 53.9 Å². The molecule has 4 heteroatoms. The predicted molar refractivity (Wildman–Crippen MR) is 85.9 cm³/mol. The first-order chi connectivity index (χ1) is 10.7. The van der Waals surface area contributed by atoms with Gasteiger partial charge in [-0.2, -0.15) is 0 Å². The van der Waals surface area contributed by atoms with Crippen LogP contribution in [0.1, 0.15) is 24.0 Å². The van der Waals surface area contributed by atoms with E-state index in [0.717, 1.165) is 43.0 Å². The van der Waals surface area contributed by atoms with Crippen LogP contribution in [-0.2, 0) is 6.54 Å². The molecular weight excluding hydrogens is 276 g/mol. The summed E-state index contributed by atoms with van der Waals surface area (Å²) in [5.74, 6) is 1.60. The van der Waals surface area contributed by atoms with Gasteiger partial charge in [0, 0.05) is 31.3 Å². The lowest BCUT2D eigenvalue weighted by molar-refractivity contribution is 0.207. The Kier molecular flexibility index (Phi) is 4.41. The predicted octanol–water partition coefficient (Wildman–Crippen LogP) is 3.04. The van der Waals surface area contributed by atoms with Gasteiger partial charge in [-0.1, -0.05) is 12.1 Å². The van der Waals surface area contributed by atoms with Gasteiger partial charge in [-0.25, -0.2) is 0 Å². The Hall–Kier alpha value is -1.91. The molecule has 116 valence electrons. The van der Waals surface area contributed by atoms with Crippen LogP contribution in [0.5, 0.6) is 11.5 Å². The normalized spacial score (nSPS) is 15.5. The van der Waals surface area contributed by atoms with Gasteiger partial charge in [-0.15, -0.1) is 0 Å². The van der Waals surface area contributed by atoms with Crippen molar-refractivity contribution in [1.82, 2.24) is 10.3 Å². The number of nitrogens with zero attached hydrogens (tertiary/aromatic N) is 1. The smallest absolute Gasteiger partial charge is 0.145 e. The highest BCUT2D eigenvalue weighted by molar-refractivity contribution is 5.39. The molecule has 1 aromatic heterocycles. The Balaban J connectivity index is 1.57. The summed E-state index contributed by atoms with van der Waals surface area (Å²) < 4.78 is 5.83. The van der Waals surface area contributed by atoms with Crippen molar-refractivity contribution in [3.8, 4) is 11.5 Å². The summed E-state index contributed by atoms with van der Waals surface area (Å²) in [6.07, 6.45) is 5.70. The van der Waals surface area contributed by atoms with Gasteiger partial charge >= 0.3 is 0 Å². The van der Waals surface area contributed by atoms with Crippen molar-refractivity contribution >= 4 is 0 Å². The number of rotatable bonds is 7. The second-order valence-electron chi connectivity index (χ2n) is 6.15. The Morgan fingerprint density at radius 3 is 2.82 bits per heavy atom. The molecule has 0 atom stereocenters. The van der Waals surface area contributed by atoms with Crippen LogP contribution >= 0.6 is 0 Å². The molecule has 0 unspecified atom stereocenters. The molecule has 2 N–H and O–H groups in total. The van der Waals surface area contributed by atoms with E-state index >= 15 is 0 Å². The van der Waals surface area contributed by atoms with Gasteiger partial charge in [0.05, 0.1) is 6.20 Å². The second kappa shape index (κ2) is 6.46. The molecule has 0 saturated heterocycles. The van der Waals surface area contributed by atoms with E-state index in [9.17, 15) is 5.11 Å². The van der Waals surface area contributed by atoms with E-state index in [1.807, 2.05) is 25.1 Å². The minimum Gasteiger partial charge on any atom is -0.455 e. The fraction of sp³-hybridized carbons (Fsp3) is 0.389. The monoisotopic (exact) mass is 298 g/mol. The molecule has 0 amide bonds. The maximum absolute atomic E-state index is 9.31. The van der Waals surface area contributed by atoms with Crippen molar-refractivity contribution in [3.63, 3.8) is 0 Å². The quantitative estimate of drug-likeness (QED) is 0.825. The van der Waals surface area contributed by atoms with Gasteiger partial charge in [0.15, 0.2) is 0 Å². The van der Waals surface area contributed by atoms with Gasteiger partial charge in [0.25, 0.3) is 0 Å². The molecule has 1 fully saturated rings. The molecule has 22 heavy (non-hydrogen) atoms. The summed E-state index contributed by atoms with van der Waals surface area (Å²) in [6, 6.07) is 9.96. The van der Waals surface area contributed by atoms with Crippen LogP contribution in [-0.4, -0.2) is 23.2 Å². The standard InChI is InChI=1S/C18H22N2O2/c1-14-9-15(10-20-12-18(13-21)6-7-18)4-5-17(14)22-16-3-2-8-19-11-16/h2-5,8-9,11,20-21H,6-7,10,12-13H2,1H3. The van der Waals surface area contributed by atoms with Crippen molar-refractivity contribution < 1.29 is 9.84 Å². The number of hydrogen-bond acceptors (Lipinski definition) is 4. The van der Waals surface area contributed by atoms with E-state index in [-0.39, 0.29) is 12.0 Å². The molecule has 1 aliphatic rings. The van der Waals surface area contributed by atoms with Crippen molar-refractivity contribution in [2.45, 2.75) is 26.3 Å². The molecule has 0 radical (unpaired) electrons. The van der Waals surface area contributed by atoms with Gasteiger partial charge < -0.3 is 15.2 Å². The average molecular weight is 298 g/mol. The third-order valence-electron chi connectivity index (χ3n) is 4.22. The molecule has 0 spiro atoms. The lowest BCUT2D eigenvalue weighted by atomic mass is 10.1. The van der Waals surface area contributed by atoms with E-state index in [4.69, 9.17) is 4.74 Å². The highest BCUT2D eigenvalue weighted by Crippen LogP contribution is 2.44. The summed E-state index contributed by atoms with van der Waals surface area (Å²) in [5, 5.41) is 12.8. The number of ether oxygens (including phenoxy) is 1. The summed E-state index contributed by atoms with van der Waals surface area (Å²) in [5.41, 5.74) is 2.48. The molecule has 1 saturated carbocycles. The minimum absolute atomic E-state index is 0.151. The van der Waals surface area contributed by atoms with E-state index in [1.54, 1.807) is 12.4 Å². The van der Waals surface area contributed by atoms with Crippen LogP contribution in [0.3, 0.4) is 0 Å². The maximum Gasteiger partial charge on any atom is 0.145 e. The van der Waals surface area contributed by atoms with Crippen LogP contribution < -0.4 is 10.1 Å². The van der Waals surface area contributed by atoms with Gasteiger partial charge in [0.2, 0.25) is 0 Å². The number of nitrogens with one attached hydrogen (secondary N) is 1. The SMILES string of the molecule is Cc1cc(CNCC2(CO)CC2)ccc1Oc1cccnc1. The zero-order valence-corrected chi connectivity index (χ0v) is 12.9. The lowest BCUT2D eigenvalue weighted by Gasteiger charge is -2.14. The number of aliphatic hydroxyl groups excluding tert-OH is 1. The summed E-state index contributed by atoms with van der Waals surface area (Å²) >= 11 is 0.